The van der Waals surface area contributed by atoms with Crippen LogP contribution in [0.15, 0.2) is 71.1 Å². The number of carbonyl (C=O) groups excluding carboxylic acids is 3. The zero-order chi connectivity index (χ0) is 30.6. The van der Waals surface area contributed by atoms with E-state index in [1.54, 1.807) is 33.7 Å². The van der Waals surface area contributed by atoms with Crippen molar-refractivity contribution in [3.8, 4) is 28.5 Å². The minimum atomic E-state index is -0.520. The number of ether oxygens (including phenoxy) is 1. The van der Waals surface area contributed by atoms with E-state index >= 15 is 0 Å². The summed E-state index contributed by atoms with van der Waals surface area (Å²) in [6.45, 7) is 3.40. The lowest BCUT2D eigenvalue weighted by atomic mass is 10.1. The fourth-order valence-electron chi connectivity index (χ4n) is 5.90. The zero-order valence-electron chi connectivity index (χ0n) is 24.9. The highest BCUT2D eigenvalue weighted by Gasteiger charge is 2.35. The van der Waals surface area contributed by atoms with Gasteiger partial charge in [-0.05, 0) is 50.5 Å². The fraction of sp³-hybridized carbons (Fsp3) is 0.364. The van der Waals surface area contributed by atoms with E-state index in [1.165, 1.54) is 0 Å². The maximum absolute atomic E-state index is 13.8. The SMILES string of the molecule is COc1cccc(-c2ccc(C(=O)N3CCCC(=O)N4CCC[C@H]4C(=O)N[C@@H](C)c4nc(-c5ccccc5)nn4CC3)o2)c1. The molecular weight excluding hydrogens is 560 g/mol. The van der Waals surface area contributed by atoms with Crippen LogP contribution in [0.3, 0.4) is 0 Å². The quantitative estimate of drug-likeness (QED) is 0.372. The van der Waals surface area contributed by atoms with Gasteiger partial charge in [-0.15, -0.1) is 0 Å². The predicted octanol–water partition coefficient (Wildman–Crippen LogP) is 4.32. The summed E-state index contributed by atoms with van der Waals surface area (Å²) in [5.74, 6) is 2.04. The second-order valence-corrected chi connectivity index (χ2v) is 11.1. The van der Waals surface area contributed by atoms with E-state index in [9.17, 15) is 14.4 Å². The number of hydrogen-bond donors (Lipinski definition) is 1. The van der Waals surface area contributed by atoms with Gasteiger partial charge in [-0.3, -0.25) is 14.4 Å². The van der Waals surface area contributed by atoms with E-state index in [0.29, 0.717) is 62.2 Å². The minimum Gasteiger partial charge on any atom is -0.497 e. The largest absolute Gasteiger partial charge is 0.497 e. The van der Waals surface area contributed by atoms with Gasteiger partial charge in [0.1, 0.15) is 23.4 Å². The number of nitrogens with one attached hydrogen (secondary N) is 1. The lowest BCUT2D eigenvalue weighted by Gasteiger charge is -2.27. The molecule has 0 unspecified atom stereocenters. The average molecular weight is 597 g/mol. The summed E-state index contributed by atoms with van der Waals surface area (Å²) >= 11 is 0. The van der Waals surface area contributed by atoms with Crippen LogP contribution in [0.5, 0.6) is 5.75 Å². The van der Waals surface area contributed by atoms with Crippen LogP contribution in [-0.4, -0.2) is 75.1 Å². The van der Waals surface area contributed by atoms with Gasteiger partial charge in [0.25, 0.3) is 5.91 Å². The number of benzene rings is 2. The van der Waals surface area contributed by atoms with Gasteiger partial charge in [-0.25, -0.2) is 9.67 Å². The number of rotatable bonds is 4. The topological polar surface area (TPSA) is 123 Å². The summed E-state index contributed by atoms with van der Waals surface area (Å²) < 4.78 is 13.1. The van der Waals surface area contributed by atoms with Gasteiger partial charge in [-0.2, -0.15) is 5.10 Å². The fourth-order valence-corrected chi connectivity index (χ4v) is 5.90. The van der Waals surface area contributed by atoms with Crippen molar-refractivity contribution in [3.05, 3.63) is 78.3 Å². The summed E-state index contributed by atoms with van der Waals surface area (Å²) in [7, 11) is 1.60. The summed E-state index contributed by atoms with van der Waals surface area (Å²) in [6.07, 6.45) is 2.08. The third kappa shape index (κ3) is 6.08. The van der Waals surface area contributed by atoms with E-state index in [0.717, 1.165) is 17.5 Å². The Hall–Kier alpha value is -4.93. The van der Waals surface area contributed by atoms with Crippen LogP contribution < -0.4 is 10.1 Å². The highest BCUT2D eigenvalue weighted by atomic mass is 16.5. The Morgan fingerprint density at radius 1 is 0.955 bits per heavy atom. The molecule has 2 aromatic carbocycles. The number of carbonyl (C=O) groups is 3. The molecule has 0 radical (unpaired) electrons. The van der Waals surface area contributed by atoms with Crippen molar-refractivity contribution in [3.63, 3.8) is 0 Å². The van der Waals surface area contributed by atoms with Crippen molar-refractivity contribution >= 4 is 17.7 Å². The summed E-state index contributed by atoms with van der Waals surface area (Å²) in [6, 6.07) is 19.6. The first kappa shape index (κ1) is 29.2. The maximum atomic E-state index is 13.8. The number of methoxy groups -OCH3 is 1. The first-order valence-corrected chi connectivity index (χ1v) is 15.0. The van der Waals surface area contributed by atoms with E-state index in [1.807, 2.05) is 61.5 Å². The Balaban J connectivity index is 1.30. The zero-order valence-corrected chi connectivity index (χ0v) is 24.9. The van der Waals surface area contributed by atoms with E-state index in [2.05, 4.69) is 5.32 Å². The molecule has 0 bridgehead atoms. The van der Waals surface area contributed by atoms with Gasteiger partial charge in [0.05, 0.1) is 19.7 Å². The second kappa shape index (κ2) is 12.7. The molecule has 1 N–H and O–H groups in total. The molecule has 2 aromatic heterocycles. The molecule has 6 rings (SSSR count). The summed E-state index contributed by atoms with van der Waals surface area (Å²) in [5.41, 5.74) is 1.65. The number of fused-ring (bicyclic) bond motifs is 2. The van der Waals surface area contributed by atoms with Crippen LogP contribution in [-0.2, 0) is 16.1 Å². The van der Waals surface area contributed by atoms with Crippen LogP contribution >= 0.6 is 0 Å². The van der Waals surface area contributed by atoms with Gasteiger partial charge in [0.15, 0.2) is 11.6 Å². The molecule has 2 aliphatic rings. The molecular formula is C33H36N6O5. The highest BCUT2D eigenvalue weighted by Crippen LogP contribution is 2.27. The van der Waals surface area contributed by atoms with Gasteiger partial charge in [-0.1, -0.05) is 42.5 Å². The van der Waals surface area contributed by atoms with Crippen LogP contribution in [0.1, 0.15) is 55.0 Å². The Bertz CT molecular complexity index is 1650. The van der Waals surface area contributed by atoms with Gasteiger partial charge < -0.3 is 24.3 Å². The Labute approximate surface area is 255 Å². The van der Waals surface area contributed by atoms with Gasteiger partial charge >= 0.3 is 0 Å². The highest BCUT2D eigenvalue weighted by molar-refractivity contribution is 5.92. The van der Waals surface area contributed by atoms with Crippen molar-refractivity contribution in [2.24, 2.45) is 0 Å². The van der Waals surface area contributed by atoms with Gasteiger partial charge in [0.2, 0.25) is 11.8 Å². The first-order chi connectivity index (χ1) is 21.4. The minimum absolute atomic E-state index is 0.0763. The standard InChI is InChI=1S/C33H36N6O5/c1-22-31-35-30(23-9-4-3-5-10-23)36-39(31)20-19-37(17-8-14-29(40)38-18-7-13-26(38)32(41)34-22)33(42)28-16-15-27(44-28)24-11-6-12-25(21-24)43-2/h3-6,9-12,15-16,21-22,26H,7-8,13-14,17-20H2,1-2H3,(H,34,41)/t22-,26-/m0/s1. The second-order valence-electron chi connectivity index (χ2n) is 11.1. The van der Waals surface area contributed by atoms with E-state index in [-0.39, 0.29) is 29.9 Å². The predicted molar refractivity (Wildman–Crippen MR) is 163 cm³/mol. The Kier molecular flexibility index (Phi) is 8.44. The molecule has 4 heterocycles. The number of hydrogen-bond acceptors (Lipinski definition) is 7. The smallest absolute Gasteiger partial charge is 0.289 e. The van der Waals surface area contributed by atoms with Crippen molar-refractivity contribution in [2.75, 3.05) is 26.7 Å². The number of amides is 3. The molecule has 228 valence electrons. The monoisotopic (exact) mass is 596 g/mol. The van der Waals surface area contributed by atoms with Crippen LogP contribution in [0.2, 0.25) is 0 Å². The first-order valence-electron chi connectivity index (χ1n) is 15.0. The number of furan rings is 1. The van der Waals surface area contributed by atoms with E-state index in [4.69, 9.17) is 19.2 Å². The molecule has 44 heavy (non-hydrogen) atoms. The molecule has 1 fully saturated rings. The van der Waals surface area contributed by atoms with Crippen LogP contribution in [0.4, 0.5) is 0 Å². The van der Waals surface area contributed by atoms with Crippen LogP contribution in [0.25, 0.3) is 22.7 Å². The molecule has 0 saturated carbocycles. The van der Waals surface area contributed by atoms with Crippen LogP contribution in [0, 0.1) is 0 Å². The molecule has 3 amide bonds. The molecule has 2 atom stereocenters. The maximum Gasteiger partial charge on any atom is 0.289 e. The third-order valence-corrected chi connectivity index (χ3v) is 8.21. The van der Waals surface area contributed by atoms with Crippen molar-refractivity contribution in [2.45, 2.75) is 51.2 Å². The van der Waals surface area contributed by atoms with E-state index < -0.39 is 12.1 Å². The Morgan fingerprint density at radius 3 is 2.59 bits per heavy atom. The molecule has 11 nitrogen and oxygen atoms in total. The lowest BCUT2D eigenvalue weighted by molar-refractivity contribution is -0.138. The molecule has 4 aromatic rings. The molecule has 2 aliphatic heterocycles. The molecule has 0 aliphatic carbocycles. The average Bonchev–Trinajstić information content (AvgIpc) is 3.82. The summed E-state index contributed by atoms with van der Waals surface area (Å²) in [5, 5.41) is 7.86. The Morgan fingerprint density at radius 2 is 1.77 bits per heavy atom. The van der Waals surface area contributed by atoms with Crippen molar-refractivity contribution in [1.82, 2.24) is 29.9 Å². The third-order valence-electron chi connectivity index (χ3n) is 8.21. The number of nitrogens with zero attached hydrogens (tertiary/aromatic N) is 5. The molecule has 11 heteroatoms. The molecule has 1 saturated heterocycles. The molecule has 0 spiro atoms. The van der Waals surface area contributed by atoms with Crippen molar-refractivity contribution < 1.29 is 23.5 Å². The normalized spacial score (nSPS) is 19.6. The lowest BCUT2D eigenvalue weighted by Crippen LogP contribution is -2.47. The summed E-state index contributed by atoms with van der Waals surface area (Å²) in [4.78, 5) is 48.5. The van der Waals surface area contributed by atoms with Gasteiger partial charge in [0, 0.05) is 37.2 Å². The number of aromatic nitrogens is 3. The van der Waals surface area contributed by atoms with Crippen molar-refractivity contribution in [1.29, 1.82) is 0 Å².